The lowest BCUT2D eigenvalue weighted by atomic mass is 10.1. The van der Waals surface area contributed by atoms with Gasteiger partial charge in [0, 0.05) is 17.4 Å². The fourth-order valence-electron chi connectivity index (χ4n) is 3.36. The highest BCUT2D eigenvalue weighted by atomic mass is 16.5. The zero-order chi connectivity index (χ0) is 18.4. The first-order valence-corrected chi connectivity index (χ1v) is 8.56. The molecule has 0 spiro atoms. The molecule has 5 aromatic rings. The molecule has 0 saturated carbocycles. The van der Waals surface area contributed by atoms with Crippen molar-refractivity contribution in [1.82, 2.24) is 29.6 Å². The molecule has 132 valence electrons. The van der Waals surface area contributed by atoms with E-state index in [-0.39, 0.29) is 0 Å². The minimum atomic E-state index is 0.698. The first-order valence-electron chi connectivity index (χ1n) is 8.56. The lowest BCUT2D eigenvalue weighted by Crippen LogP contribution is -2.01. The Balaban J connectivity index is 1.87. The molecule has 0 atom stereocenters. The summed E-state index contributed by atoms with van der Waals surface area (Å²) in [6, 6.07) is 18.1. The molecule has 0 bridgehead atoms. The van der Waals surface area contributed by atoms with E-state index in [1.165, 1.54) is 0 Å². The summed E-state index contributed by atoms with van der Waals surface area (Å²) in [6.45, 7) is 1.90. The Kier molecular flexibility index (Phi) is 3.39. The van der Waals surface area contributed by atoms with Crippen LogP contribution in [0.15, 0.2) is 60.8 Å². The summed E-state index contributed by atoms with van der Waals surface area (Å²) in [5, 5.41) is 13.1. The number of rotatable bonds is 3. The fourth-order valence-corrected chi connectivity index (χ4v) is 3.36. The highest BCUT2D eigenvalue weighted by Gasteiger charge is 2.19. The SMILES string of the molecule is COc1ccc(-n2cc(-c3ccccc3)c3c2nc(C)n2nnnc32)cc1. The summed E-state index contributed by atoms with van der Waals surface area (Å²) >= 11 is 0. The number of tetrazole rings is 1. The average Bonchev–Trinajstić information content (AvgIpc) is 3.34. The van der Waals surface area contributed by atoms with E-state index < -0.39 is 0 Å². The van der Waals surface area contributed by atoms with Crippen LogP contribution >= 0.6 is 0 Å². The molecule has 7 heteroatoms. The number of hydrogen-bond donors (Lipinski definition) is 0. The van der Waals surface area contributed by atoms with Gasteiger partial charge in [-0.1, -0.05) is 30.3 Å². The van der Waals surface area contributed by atoms with Crippen molar-refractivity contribution in [2.45, 2.75) is 6.92 Å². The first kappa shape index (κ1) is 15.5. The molecule has 0 aliphatic heterocycles. The van der Waals surface area contributed by atoms with Crippen LogP contribution in [-0.2, 0) is 0 Å². The van der Waals surface area contributed by atoms with Crippen LogP contribution in [0.2, 0.25) is 0 Å². The van der Waals surface area contributed by atoms with Gasteiger partial charge in [-0.25, -0.2) is 4.98 Å². The first-order chi connectivity index (χ1) is 13.3. The van der Waals surface area contributed by atoms with Crippen molar-refractivity contribution in [1.29, 1.82) is 0 Å². The zero-order valence-electron chi connectivity index (χ0n) is 14.9. The molecule has 27 heavy (non-hydrogen) atoms. The number of ether oxygens (including phenoxy) is 1. The minimum absolute atomic E-state index is 0.698. The van der Waals surface area contributed by atoms with Crippen LogP contribution in [0.25, 0.3) is 33.5 Å². The fraction of sp³-hybridized carbons (Fsp3) is 0.100. The van der Waals surface area contributed by atoms with Crippen molar-refractivity contribution in [2.24, 2.45) is 0 Å². The second kappa shape index (κ2) is 5.91. The summed E-state index contributed by atoms with van der Waals surface area (Å²) in [6.07, 6.45) is 2.09. The smallest absolute Gasteiger partial charge is 0.192 e. The van der Waals surface area contributed by atoms with Gasteiger partial charge in [-0.15, -0.1) is 5.10 Å². The zero-order valence-corrected chi connectivity index (χ0v) is 14.9. The second-order valence-electron chi connectivity index (χ2n) is 6.25. The summed E-state index contributed by atoms with van der Waals surface area (Å²) in [5.74, 6) is 1.54. The Morgan fingerprint density at radius 1 is 0.926 bits per heavy atom. The van der Waals surface area contributed by atoms with Gasteiger partial charge in [-0.3, -0.25) is 0 Å². The summed E-state index contributed by atoms with van der Waals surface area (Å²) in [4.78, 5) is 4.79. The Bertz CT molecular complexity index is 1250. The van der Waals surface area contributed by atoms with Crippen LogP contribution in [0.1, 0.15) is 5.82 Å². The highest BCUT2D eigenvalue weighted by molar-refractivity contribution is 6.03. The van der Waals surface area contributed by atoms with Gasteiger partial charge < -0.3 is 9.30 Å². The number of aryl methyl sites for hydroxylation is 1. The van der Waals surface area contributed by atoms with Gasteiger partial charge in [0.2, 0.25) is 0 Å². The van der Waals surface area contributed by atoms with Crippen molar-refractivity contribution in [3.05, 3.63) is 66.6 Å². The maximum absolute atomic E-state index is 5.28. The van der Waals surface area contributed by atoms with E-state index in [0.717, 1.165) is 39.4 Å². The van der Waals surface area contributed by atoms with Gasteiger partial charge in [0.05, 0.1) is 12.5 Å². The molecule has 0 aliphatic rings. The lowest BCUT2D eigenvalue weighted by molar-refractivity contribution is 0.415. The largest absolute Gasteiger partial charge is 0.497 e. The molecular formula is C20H16N6O. The summed E-state index contributed by atoms with van der Waals surface area (Å²) < 4.78 is 9.02. The van der Waals surface area contributed by atoms with E-state index in [2.05, 4.69) is 38.4 Å². The predicted molar refractivity (Wildman–Crippen MR) is 102 cm³/mol. The number of methoxy groups -OCH3 is 1. The molecule has 0 aliphatic carbocycles. The monoisotopic (exact) mass is 356 g/mol. The lowest BCUT2D eigenvalue weighted by Gasteiger charge is -2.06. The van der Waals surface area contributed by atoms with E-state index in [1.54, 1.807) is 11.6 Å². The standard InChI is InChI=1S/C20H16N6O/c1-13-21-19-18(20-22-23-24-26(13)20)17(14-6-4-3-5-7-14)12-25(19)15-8-10-16(27-2)11-9-15/h3-12H,1-2H3. The maximum Gasteiger partial charge on any atom is 0.192 e. The van der Waals surface area contributed by atoms with Crippen molar-refractivity contribution in [2.75, 3.05) is 7.11 Å². The molecule has 0 amide bonds. The van der Waals surface area contributed by atoms with E-state index >= 15 is 0 Å². The number of hydrogen-bond acceptors (Lipinski definition) is 5. The Labute approximate surface area is 154 Å². The molecule has 2 aromatic carbocycles. The number of nitrogens with zero attached hydrogens (tertiary/aromatic N) is 6. The number of benzene rings is 2. The van der Waals surface area contributed by atoms with Crippen molar-refractivity contribution in [3.63, 3.8) is 0 Å². The van der Waals surface area contributed by atoms with Gasteiger partial charge in [0.25, 0.3) is 0 Å². The molecular weight excluding hydrogens is 340 g/mol. The van der Waals surface area contributed by atoms with Crippen molar-refractivity contribution in [3.8, 4) is 22.6 Å². The minimum Gasteiger partial charge on any atom is -0.497 e. The third kappa shape index (κ3) is 2.36. The van der Waals surface area contributed by atoms with Crippen LogP contribution in [0.3, 0.4) is 0 Å². The third-order valence-electron chi connectivity index (χ3n) is 4.68. The van der Waals surface area contributed by atoms with Crippen LogP contribution in [-0.4, -0.2) is 36.7 Å². The van der Waals surface area contributed by atoms with Crippen molar-refractivity contribution >= 4 is 16.7 Å². The third-order valence-corrected chi connectivity index (χ3v) is 4.68. The highest BCUT2D eigenvalue weighted by Crippen LogP contribution is 2.34. The predicted octanol–water partition coefficient (Wildman–Crippen LogP) is 3.45. The number of aromatic nitrogens is 6. The topological polar surface area (TPSA) is 70.1 Å². The average molecular weight is 356 g/mol. The molecule has 3 aromatic heterocycles. The van der Waals surface area contributed by atoms with Gasteiger partial charge in [0.1, 0.15) is 11.6 Å². The molecule has 0 radical (unpaired) electrons. The molecule has 7 nitrogen and oxygen atoms in total. The normalized spacial score (nSPS) is 11.3. The molecule has 0 fully saturated rings. The Hall–Kier alpha value is -3.74. The van der Waals surface area contributed by atoms with E-state index in [1.807, 2.05) is 49.4 Å². The van der Waals surface area contributed by atoms with E-state index in [4.69, 9.17) is 9.72 Å². The van der Waals surface area contributed by atoms with Gasteiger partial charge in [-0.2, -0.15) is 4.52 Å². The van der Waals surface area contributed by atoms with E-state index in [9.17, 15) is 0 Å². The Morgan fingerprint density at radius 2 is 1.70 bits per heavy atom. The molecule has 3 heterocycles. The van der Waals surface area contributed by atoms with Crippen LogP contribution in [0, 0.1) is 6.92 Å². The quantitative estimate of drug-likeness (QED) is 0.495. The molecule has 0 saturated heterocycles. The van der Waals surface area contributed by atoms with Gasteiger partial charge >= 0.3 is 0 Å². The van der Waals surface area contributed by atoms with Crippen LogP contribution in [0.5, 0.6) is 5.75 Å². The molecule has 0 unspecified atom stereocenters. The number of fused-ring (bicyclic) bond motifs is 3. The Morgan fingerprint density at radius 3 is 2.44 bits per heavy atom. The van der Waals surface area contributed by atoms with Crippen molar-refractivity contribution < 1.29 is 4.74 Å². The summed E-state index contributed by atoms with van der Waals surface area (Å²) in [7, 11) is 1.66. The van der Waals surface area contributed by atoms with Crippen LogP contribution in [0.4, 0.5) is 0 Å². The van der Waals surface area contributed by atoms with Crippen LogP contribution < -0.4 is 4.74 Å². The van der Waals surface area contributed by atoms with Gasteiger partial charge in [0.15, 0.2) is 11.3 Å². The van der Waals surface area contributed by atoms with E-state index in [0.29, 0.717) is 5.65 Å². The maximum atomic E-state index is 5.28. The second-order valence-corrected chi connectivity index (χ2v) is 6.25. The molecule has 0 N–H and O–H groups in total. The summed E-state index contributed by atoms with van der Waals surface area (Å²) in [5.41, 5.74) is 4.63. The molecule has 5 rings (SSSR count). The van der Waals surface area contributed by atoms with Gasteiger partial charge in [-0.05, 0) is 47.2 Å².